The van der Waals surface area contributed by atoms with Gasteiger partial charge in [-0.1, -0.05) is 28.1 Å². The second-order valence-corrected chi connectivity index (χ2v) is 5.58. The van der Waals surface area contributed by atoms with Crippen molar-refractivity contribution in [3.05, 3.63) is 70.5 Å². The molecule has 124 valence electrons. The third-order valence-electron chi connectivity index (χ3n) is 2.81. The van der Waals surface area contributed by atoms with Crippen molar-refractivity contribution in [3.8, 4) is 5.75 Å². The minimum absolute atomic E-state index is 0.233. The van der Waals surface area contributed by atoms with E-state index >= 15 is 0 Å². The van der Waals surface area contributed by atoms with Gasteiger partial charge in [-0.2, -0.15) is 0 Å². The molecule has 0 unspecified atom stereocenters. The monoisotopic (exact) mass is 392 g/mol. The highest BCUT2D eigenvalue weighted by atomic mass is 79.9. The second-order valence-electron chi connectivity index (χ2n) is 4.66. The standard InChI is InChI=1S/C17H14BrFN2O3/c18-13-4-8-15(9-5-13)24-11-17(23)21-20-16(22)10-3-12-1-6-14(19)7-2-12/h1-10H,11H2,(H,20,22)(H,21,23)/b10-3+. The van der Waals surface area contributed by atoms with Gasteiger partial charge >= 0.3 is 0 Å². The second kappa shape index (κ2) is 8.83. The molecule has 0 radical (unpaired) electrons. The Morgan fingerprint density at radius 2 is 1.71 bits per heavy atom. The molecule has 0 aliphatic rings. The number of carbonyl (C=O) groups excluding carboxylic acids is 2. The van der Waals surface area contributed by atoms with E-state index in [-0.39, 0.29) is 12.4 Å². The number of nitrogens with one attached hydrogen (secondary N) is 2. The van der Waals surface area contributed by atoms with E-state index < -0.39 is 11.8 Å². The third-order valence-corrected chi connectivity index (χ3v) is 3.33. The number of hydrazine groups is 1. The molecule has 0 bridgehead atoms. The van der Waals surface area contributed by atoms with Crippen LogP contribution in [0.1, 0.15) is 5.56 Å². The maximum atomic E-state index is 12.7. The smallest absolute Gasteiger partial charge is 0.276 e. The molecule has 24 heavy (non-hydrogen) atoms. The van der Waals surface area contributed by atoms with Crippen LogP contribution in [-0.4, -0.2) is 18.4 Å². The molecule has 0 aromatic heterocycles. The van der Waals surface area contributed by atoms with Gasteiger partial charge in [0.1, 0.15) is 11.6 Å². The number of hydrogen-bond donors (Lipinski definition) is 2. The number of hydrogen-bond acceptors (Lipinski definition) is 3. The zero-order valence-corrected chi connectivity index (χ0v) is 14.0. The molecule has 2 N–H and O–H groups in total. The van der Waals surface area contributed by atoms with Crippen molar-refractivity contribution in [1.29, 1.82) is 0 Å². The maximum Gasteiger partial charge on any atom is 0.276 e. The van der Waals surface area contributed by atoms with Gasteiger partial charge in [0.05, 0.1) is 0 Å². The summed E-state index contributed by atoms with van der Waals surface area (Å²) in [5.41, 5.74) is 5.11. The number of amides is 2. The van der Waals surface area contributed by atoms with Gasteiger partial charge in [-0.15, -0.1) is 0 Å². The molecular formula is C17H14BrFN2O3. The number of carbonyl (C=O) groups is 2. The van der Waals surface area contributed by atoms with Crippen LogP contribution in [0.2, 0.25) is 0 Å². The van der Waals surface area contributed by atoms with Gasteiger partial charge in [0.25, 0.3) is 11.8 Å². The van der Waals surface area contributed by atoms with E-state index in [1.165, 1.54) is 36.4 Å². The molecule has 0 saturated carbocycles. The Balaban J connectivity index is 1.71. The summed E-state index contributed by atoms with van der Waals surface area (Å²) in [6.07, 6.45) is 2.72. The van der Waals surface area contributed by atoms with Crippen molar-refractivity contribution in [1.82, 2.24) is 10.9 Å². The Morgan fingerprint density at radius 1 is 1.04 bits per heavy atom. The minimum atomic E-state index is -0.517. The molecule has 0 aliphatic heterocycles. The van der Waals surface area contributed by atoms with E-state index in [1.54, 1.807) is 24.3 Å². The van der Waals surface area contributed by atoms with Gasteiger partial charge in [0.2, 0.25) is 0 Å². The van der Waals surface area contributed by atoms with Crippen LogP contribution < -0.4 is 15.6 Å². The first-order valence-electron chi connectivity index (χ1n) is 6.94. The van der Waals surface area contributed by atoms with Crippen molar-refractivity contribution < 1.29 is 18.7 Å². The summed E-state index contributed by atoms with van der Waals surface area (Å²) in [6.45, 7) is -0.233. The lowest BCUT2D eigenvalue weighted by Crippen LogP contribution is -2.43. The van der Waals surface area contributed by atoms with Crippen LogP contribution in [0.5, 0.6) is 5.75 Å². The van der Waals surface area contributed by atoms with Gasteiger partial charge in [-0.05, 0) is 48.0 Å². The predicted molar refractivity (Wildman–Crippen MR) is 91.4 cm³/mol. The molecule has 0 atom stereocenters. The van der Waals surface area contributed by atoms with Crippen molar-refractivity contribution in [2.45, 2.75) is 0 Å². The highest BCUT2D eigenvalue weighted by Gasteiger charge is 2.03. The number of halogens is 2. The van der Waals surface area contributed by atoms with Crippen LogP contribution in [0.3, 0.4) is 0 Å². The van der Waals surface area contributed by atoms with Crippen LogP contribution in [-0.2, 0) is 9.59 Å². The molecule has 0 spiro atoms. The quantitative estimate of drug-likeness (QED) is 0.607. The first kappa shape index (κ1) is 17.7. The number of rotatable bonds is 5. The largest absolute Gasteiger partial charge is 0.484 e. The molecule has 2 aromatic rings. The Bertz CT molecular complexity index is 731. The van der Waals surface area contributed by atoms with Gasteiger partial charge in [0, 0.05) is 10.5 Å². The highest BCUT2D eigenvalue weighted by molar-refractivity contribution is 9.10. The maximum absolute atomic E-state index is 12.7. The fourth-order valence-electron chi connectivity index (χ4n) is 1.63. The average molecular weight is 393 g/mol. The topological polar surface area (TPSA) is 67.4 Å². The Hall–Kier alpha value is -2.67. The molecule has 0 fully saturated rings. The van der Waals surface area contributed by atoms with E-state index in [4.69, 9.17) is 4.74 Å². The molecule has 0 aliphatic carbocycles. The zero-order chi connectivity index (χ0) is 17.4. The first-order chi connectivity index (χ1) is 11.5. The van der Waals surface area contributed by atoms with Crippen molar-refractivity contribution >= 4 is 33.8 Å². The lowest BCUT2D eigenvalue weighted by Gasteiger charge is -2.07. The van der Waals surface area contributed by atoms with E-state index in [2.05, 4.69) is 26.8 Å². The Morgan fingerprint density at radius 3 is 2.38 bits per heavy atom. The van der Waals surface area contributed by atoms with Gasteiger partial charge in [-0.3, -0.25) is 20.4 Å². The van der Waals surface area contributed by atoms with E-state index in [0.717, 1.165) is 4.47 Å². The van der Waals surface area contributed by atoms with Gasteiger partial charge in [0.15, 0.2) is 6.61 Å². The SMILES string of the molecule is O=C(/C=C/c1ccc(F)cc1)NNC(=O)COc1ccc(Br)cc1. The summed E-state index contributed by atoms with van der Waals surface area (Å²) in [5.74, 6) is -0.830. The number of ether oxygens (including phenoxy) is 1. The first-order valence-corrected chi connectivity index (χ1v) is 7.73. The molecule has 2 amide bonds. The highest BCUT2D eigenvalue weighted by Crippen LogP contribution is 2.15. The normalized spacial score (nSPS) is 10.4. The lowest BCUT2D eigenvalue weighted by molar-refractivity contribution is -0.128. The summed E-state index contributed by atoms with van der Waals surface area (Å²) in [5, 5.41) is 0. The fraction of sp³-hybridized carbons (Fsp3) is 0.0588. The molecule has 2 rings (SSSR count). The van der Waals surface area contributed by atoms with E-state index in [1.807, 2.05) is 0 Å². The van der Waals surface area contributed by atoms with Crippen LogP contribution in [0, 0.1) is 5.82 Å². The Labute approximate surface area is 146 Å². The van der Waals surface area contributed by atoms with Crippen molar-refractivity contribution in [2.24, 2.45) is 0 Å². The summed E-state index contributed by atoms with van der Waals surface area (Å²) in [6, 6.07) is 12.6. The summed E-state index contributed by atoms with van der Waals surface area (Å²) in [4.78, 5) is 23.1. The third kappa shape index (κ3) is 6.21. The van der Waals surface area contributed by atoms with Gasteiger partial charge in [-0.25, -0.2) is 4.39 Å². The van der Waals surface area contributed by atoms with Crippen LogP contribution in [0.15, 0.2) is 59.1 Å². The summed E-state index contributed by atoms with van der Waals surface area (Å²) >= 11 is 3.29. The lowest BCUT2D eigenvalue weighted by atomic mass is 10.2. The van der Waals surface area contributed by atoms with Gasteiger partial charge < -0.3 is 4.74 Å². The van der Waals surface area contributed by atoms with Crippen LogP contribution in [0.4, 0.5) is 4.39 Å². The van der Waals surface area contributed by atoms with Crippen molar-refractivity contribution in [2.75, 3.05) is 6.61 Å². The molecule has 2 aromatic carbocycles. The predicted octanol–water partition coefficient (Wildman–Crippen LogP) is 2.83. The van der Waals surface area contributed by atoms with Crippen LogP contribution >= 0.6 is 15.9 Å². The molecular weight excluding hydrogens is 379 g/mol. The summed E-state index contributed by atoms with van der Waals surface area (Å²) < 4.78 is 18.9. The molecule has 0 heterocycles. The number of benzene rings is 2. The van der Waals surface area contributed by atoms with E-state index in [9.17, 15) is 14.0 Å². The average Bonchev–Trinajstić information content (AvgIpc) is 2.59. The summed E-state index contributed by atoms with van der Waals surface area (Å²) in [7, 11) is 0. The van der Waals surface area contributed by atoms with E-state index in [0.29, 0.717) is 11.3 Å². The minimum Gasteiger partial charge on any atom is -0.484 e. The molecule has 0 saturated heterocycles. The fourth-order valence-corrected chi connectivity index (χ4v) is 1.90. The molecule has 7 heteroatoms. The van der Waals surface area contributed by atoms with Crippen LogP contribution in [0.25, 0.3) is 6.08 Å². The molecule has 5 nitrogen and oxygen atoms in total. The zero-order valence-electron chi connectivity index (χ0n) is 12.5. The van der Waals surface area contributed by atoms with Crippen molar-refractivity contribution in [3.63, 3.8) is 0 Å². The Kier molecular flexibility index (Phi) is 6.51.